The molecule has 2 atom stereocenters. The van der Waals surface area contributed by atoms with E-state index in [2.05, 4.69) is 4.98 Å². The van der Waals surface area contributed by atoms with Crippen LogP contribution in [0, 0.1) is 5.92 Å². The molecular formula is C19H23N3O3S. The van der Waals surface area contributed by atoms with Crippen molar-refractivity contribution in [3.05, 3.63) is 52.7 Å². The number of rotatable bonds is 4. The number of fused-ring (bicyclic) bond motifs is 4. The van der Waals surface area contributed by atoms with Gasteiger partial charge in [0.25, 0.3) is 5.56 Å². The minimum Gasteiger partial charge on any atom is -0.311 e. The Hall–Kier alpha value is -1.99. The van der Waals surface area contributed by atoms with Gasteiger partial charge in [-0.25, -0.2) is 12.7 Å². The molecule has 2 aromatic heterocycles. The average Bonchev–Trinajstić information content (AvgIpc) is 2.63. The zero-order valence-electron chi connectivity index (χ0n) is 14.8. The number of pyridine rings is 2. The first kappa shape index (κ1) is 17.4. The number of sulfonamides is 1. The first-order chi connectivity index (χ1) is 12.5. The largest absolute Gasteiger partial charge is 0.311 e. The molecule has 2 bridgehead atoms. The molecule has 0 saturated carbocycles. The van der Waals surface area contributed by atoms with Gasteiger partial charge in [0.2, 0.25) is 10.0 Å². The standard InChI is InChI=1S/C19H23N3O3S/c1-2-8-26(24,25)21-11-14-9-16(13-21)19-17(15-4-3-7-20-10-15)5-6-18(23)22(19)12-14/h3-7,10,14,16H,2,8-9,11-13H2,1H3/t14-,16-/m1/s1. The molecule has 26 heavy (non-hydrogen) atoms. The summed E-state index contributed by atoms with van der Waals surface area (Å²) in [5, 5.41) is 0. The van der Waals surface area contributed by atoms with Crippen molar-refractivity contribution in [2.75, 3.05) is 18.8 Å². The summed E-state index contributed by atoms with van der Waals surface area (Å²) in [4.78, 5) is 16.7. The Kier molecular flexibility index (Phi) is 4.44. The summed E-state index contributed by atoms with van der Waals surface area (Å²) >= 11 is 0. The fraction of sp³-hybridized carbons (Fsp3) is 0.474. The van der Waals surface area contributed by atoms with Crippen molar-refractivity contribution in [1.29, 1.82) is 0 Å². The Balaban J connectivity index is 1.80. The highest BCUT2D eigenvalue weighted by Gasteiger charge is 2.39. The number of hydrogen-bond acceptors (Lipinski definition) is 4. The van der Waals surface area contributed by atoms with E-state index < -0.39 is 10.0 Å². The first-order valence-corrected chi connectivity index (χ1v) is 10.7. The molecule has 2 aliphatic heterocycles. The van der Waals surface area contributed by atoms with Gasteiger partial charge in [0.1, 0.15) is 0 Å². The van der Waals surface area contributed by atoms with Crippen molar-refractivity contribution in [1.82, 2.24) is 13.9 Å². The second-order valence-electron chi connectivity index (χ2n) is 7.25. The van der Waals surface area contributed by atoms with Gasteiger partial charge in [-0.05, 0) is 30.9 Å². The van der Waals surface area contributed by atoms with E-state index in [-0.39, 0.29) is 23.1 Å². The first-order valence-electron chi connectivity index (χ1n) is 9.11. The molecule has 0 amide bonds. The predicted octanol–water partition coefficient (Wildman–Crippen LogP) is 2.07. The van der Waals surface area contributed by atoms with Crippen LogP contribution in [0.5, 0.6) is 0 Å². The monoisotopic (exact) mass is 373 g/mol. The summed E-state index contributed by atoms with van der Waals surface area (Å²) in [6, 6.07) is 7.32. The number of aromatic nitrogens is 2. The maximum Gasteiger partial charge on any atom is 0.250 e. The van der Waals surface area contributed by atoms with Crippen LogP contribution in [0.25, 0.3) is 11.1 Å². The van der Waals surface area contributed by atoms with E-state index in [1.54, 1.807) is 22.8 Å². The number of hydrogen-bond donors (Lipinski definition) is 0. The third kappa shape index (κ3) is 2.99. The predicted molar refractivity (Wildman–Crippen MR) is 100 cm³/mol. The van der Waals surface area contributed by atoms with Crippen LogP contribution < -0.4 is 5.56 Å². The summed E-state index contributed by atoms with van der Waals surface area (Å²) in [7, 11) is -3.23. The maximum atomic E-state index is 12.6. The van der Waals surface area contributed by atoms with Crippen LogP contribution in [0.15, 0.2) is 41.5 Å². The van der Waals surface area contributed by atoms with Crippen molar-refractivity contribution in [2.45, 2.75) is 32.2 Å². The summed E-state index contributed by atoms with van der Waals surface area (Å²) in [5.74, 6) is 0.414. The van der Waals surface area contributed by atoms with E-state index in [1.807, 2.05) is 29.7 Å². The molecule has 6 nitrogen and oxygen atoms in total. The SMILES string of the molecule is CCCS(=O)(=O)N1C[C@H]2C[C@H](C1)c1c(-c3cccnc3)ccc(=O)n1C2. The minimum atomic E-state index is -3.23. The fourth-order valence-electron chi connectivity index (χ4n) is 4.35. The summed E-state index contributed by atoms with van der Waals surface area (Å²) < 4.78 is 28.7. The minimum absolute atomic E-state index is 0.00722. The Labute approximate surface area is 153 Å². The molecule has 2 aromatic rings. The zero-order chi connectivity index (χ0) is 18.3. The van der Waals surface area contributed by atoms with Gasteiger partial charge < -0.3 is 4.57 Å². The van der Waals surface area contributed by atoms with Crippen molar-refractivity contribution < 1.29 is 8.42 Å². The van der Waals surface area contributed by atoms with E-state index in [1.165, 1.54) is 0 Å². The lowest BCUT2D eigenvalue weighted by Gasteiger charge is -2.42. The third-order valence-corrected chi connectivity index (χ3v) is 7.39. The van der Waals surface area contributed by atoms with Gasteiger partial charge >= 0.3 is 0 Å². The smallest absolute Gasteiger partial charge is 0.250 e. The van der Waals surface area contributed by atoms with Crippen molar-refractivity contribution in [3.63, 3.8) is 0 Å². The van der Waals surface area contributed by atoms with Crippen LogP contribution in [0.4, 0.5) is 0 Å². The second kappa shape index (κ2) is 6.63. The molecule has 1 fully saturated rings. The quantitative estimate of drug-likeness (QED) is 0.822. The van der Waals surface area contributed by atoms with Gasteiger partial charge in [-0.2, -0.15) is 0 Å². The van der Waals surface area contributed by atoms with Gasteiger partial charge in [0, 0.05) is 60.8 Å². The topological polar surface area (TPSA) is 72.3 Å². The normalized spacial score (nSPS) is 22.8. The van der Waals surface area contributed by atoms with Crippen LogP contribution in [-0.4, -0.2) is 41.1 Å². The van der Waals surface area contributed by atoms with E-state index >= 15 is 0 Å². The van der Waals surface area contributed by atoms with Gasteiger partial charge in [-0.15, -0.1) is 0 Å². The highest BCUT2D eigenvalue weighted by Crippen LogP contribution is 2.40. The Bertz CT molecular complexity index is 969. The Morgan fingerprint density at radius 1 is 1.19 bits per heavy atom. The van der Waals surface area contributed by atoms with Crippen molar-refractivity contribution >= 4 is 10.0 Å². The molecule has 0 aromatic carbocycles. The van der Waals surface area contributed by atoms with Crippen LogP contribution in [0.2, 0.25) is 0 Å². The van der Waals surface area contributed by atoms with Gasteiger partial charge in [-0.1, -0.05) is 13.0 Å². The van der Waals surface area contributed by atoms with Crippen LogP contribution in [0.1, 0.15) is 31.4 Å². The van der Waals surface area contributed by atoms with Gasteiger partial charge in [-0.3, -0.25) is 9.78 Å². The van der Waals surface area contributed by atoms with Crippen molar-refractivity contribution in [3.8, 4) is 11.1 Å². The Morgan fingerprint density at radius 2 is 2.04 bits per heavy atom. The second-order valence-corrected chi connectivity index (χ2v) is 9.34. The molecule has 7 heteroatoms. The zero-order valence-corrected chi connectivity index (χ0v) is 15.7. The lowest BCUT2D eigenvalue weighted by atomic mass is 9.81. The maximum absolute atomic E-state index is 12.6. The molecule has 0 radical (unpaired) electrons. The number of piperidine rings is 1. The molecule has 2 aliphatic rings. The molecule has 4 heterocycles. The molecule has 0 N–H and O–H groups in total. The number of nitrogens with zero attached hydrogens (tertiary/aromatic N) is 3. The molecule has 0 aliphatic carbocycles. The van der Waals surface area contributed by atoms with Gasteiger partial charge in [0.05, 0.1) is 5.75 Å². The van der Waals surface area contributed by atoms with Crippen LogP contribution in [0.3, 0.4) is 0 Å². The fourth-order valence-corrected chi connectivity index (χ4v) is 5.97. The summed E-state index contributed by atoms with van der Waals surface area (Å²) in [5.41, 5.74) is 2.89. The van der Waals surface area contributed by atoms with Gasteiger partial charge in [0.15, 0.2) is 0 Å². The highest BCUT2D eigenvalue weighted by atomic mass is 32.2. The summed E-state index contributed by atoms with van der Waals surface area (Å²) in [6.07, 6.45) is 5.06. The molecular weight excluding hydrogens is 350 g/mol. The third-order valence-electron chi connectivity index (χ3n) is 5.38. The van der Waals surface area contributed by atoms with E-state index in [4.69, 9.17) is 0 Å². The summed E-state index contributed by atoms with van der Waals surface area (Å²) in [6.45, 7) is 3.44. The molecule has 0 unspecified atom stereocenters. The lowest BCUT2D eigenvalue weighted by molar-refractivity contribution is 0.187. The van der Waals surface area contributed by atoms with E-state index in [0.29, 0.717) is 26.1 Å². The molecule has 0 spiro atoms. The Morgan fingerprint density at radius 3 is 2.77 bits per heavy atom. The average molecular weight is 373 g/mol. The van der Waals surface area contributed by atoms with Crippen LogP contribution >= 0.6 is 0 Å². The lowest BCUT2D eigenvalue weighted by Crippen LogP contribution is -2.49. The van der Waals surface area contributed by atoms with Crippen molar-refractivity contribution in [2.24, 2.45) is 5.92 Å². The molecule has 4 rings (SSSR count). The van der Waals surface area contributed by atoms with E-state index in [9.17, 15) is 13.2 Å². The molecule has 1 saturated heterocycles. The highest BCUT2D eigenvalue weighted by molar-refractivity contribution is 7.89. The van der Waals surface area contributed by atoms with Crippen LogP contribution in [-0.2, 0) is 16.6 Å². The molecule has 138 valence electrons. The van der Waals surface area contributed by atoms with E-state index in [0.717, 1.165) is 23.2 Å².